The van der Waals surface area contributed by atoms with Crippen molar-refractivity contribution in [3.63, 3.8) is 0 Å². The molecule has 1 aliphatic heterocycles. The van der Waals surface area contributed by atoms with E-state index in [2.05, 4.69) is 39.9 Å². The van der Waals surface area contributed by atoms with E-state index in [4.69, 9.17) is 0 Å². The Hall–Kier alpha value is -0.780. The second-order valence-corrected chi connectivity index (χ2v) is 5.27. The molecule has 1 aromatic carbocycles. The second kappa shape index (κ2) is 7.12. The van der Waals surface area contributed by atoms with Crippen molar-refractivity contribution >= 4 is 29.9 Å². The molecular weight excluding hydrogens is 349 g/mol. The lowest BCUT2D eigenvalue weighted by Crippen LogP contribution is -2.41. The van der Waals surface area contributed by atoms with Crippen LogP contribution in [0.4, 0.5) is 0 Å². The van der Waals surface area contributed by atoms with Crippen LogP contribution < -0.4 is 10.6 Å². The lowest BCUT2D eigenvalue weighted by molar-refractivity contribution is 0.507. The maximum absolute atomic E-state index is 4.43. The molecule has 0 aromatic heterocycles. The molecule has 3 nitrogen and oxygen atoms in total. The fourth-order valence-corrected chi connectivity index (χ4v) is 2.90. The van der Waals surface area contributed by atoms with Gasteiger partial charge in [-0.05, 0) is 42.7 Å². The predicted molar refractivity (Wildman–Crippen MR) is 90.3 cm³/mol. The molecule has 0 fully saturated rings. The zero-order chi connectivity index (χ0) is 12.2. The highest BCUT2D eigenvalue weighted by Gasteiger charge is 2.20. The van der Waals surface area contributed by atoms with Gasteiger partial charge in [-0.2, -0.15) is 0 Å². The number of guanidine groups is 1. The molecule has 0 radical (unpaired) electrons. The summed E-state index contributed by atoms with van der Waals surface area (Å²) in [4.78, 5) is 4.43. The van der Waals surface area contributed by atoms with E-state index in [0.29, 0.717) is 0 Å². The Morgan fingerprint density at radius 2 is 1.95 bits per heavy atom. The number of fused-ring (bicyclic) bond motifs is 1. The normalized spacial score (nSPS) is 18.0. The molecule has 0 bridgehead atoms. The summed E-state index contributed by atoms with van der Waals surface area (Å²) in [6.45, 7) is 3.05. The number of hydrogen-bond acceptors (Lipinski definition) is 3. The Bertz CT molecular complexity index is 420. The molecule has 0 amide bonds. The van der Waals surface area contributed by atoms with E-state index in [-0.39, 0.29) is 24.0 Å². The molecule has 19 heavy (non-hydrogen) atoms. The molecule has 104 valence electrons. The van der Waals surface area contributed by atoms with Crippen molar-refractivity contribution in [2.24, 2.45) is 10.9 Å². The summed E-state index contributed by atoms with van der Waals surface area (Å²) in [5, 5.41) is 6.71. The van der Waals surface area contributed by atoms with Gasteiger partial charge in [0, 0.05) is 19.6 Å². The second-order valence-electron chi connectivity index (χ2n) is 5.27. The van der Waals surface area contributed by atoms with Gasteiger partial charge in [0.1, 0.15) is 0 Å². The molecular formula is C15H22IN3. The van der Waals surface area contributed by atoms with Crippen LogP contribution in [0.5, 0.6) is 0 Å². The summed E-state index contributed by atoms with van der Waals surface area (Å²) in [5.41, 5.74) is 3.10. The van der Waals surface area contributed by atoms with E-state index >= 15 is 0 Å². The van der Waals surface area contributed by atoms with Gasteiger partial charge < -0.3 is 10.6 Å². The highest BCUT2D eigenvalue weighted by molar-refractivity contribution is 14.0. The number of nitrogens with one attached hydrogen (secondary N) is 2. The van der Waals surface area contributed by atoms with Crippen LogP contribution in [0.25, 0.3) is 0 Å². The van der Waals surface area contributed by atoms with Crippen LogP contribution in [0.15, 0.2) is 29.3 Å². The minimum Gasteiger partial charge on any atom is -0.356 e. The van der Waals surface area contributed by atoms with E-state index in [1.165, 1.54) is 19.3 Å². The van der Waals surface area contributed by atoms with E-state index in [1.807, 2.05) is 0 Å². The van der Waals surface area contributed by atoms with Crippen molar-refractivity contribution in [2.75, 3.05) is 19.6 Å². The number of halogens is 1. The average Bonchev–Trinajstić information content (AvgIpc) is 2.82. The van der Waals surface area contributed by atoms with Crippen LogP contribution in [0, 0.1) is 5.92 Å². The summed E-state index contributed by atoms with van der Waals surface area (Å²) in [7, 11) is 0. The largest absolute Gasteiger partial charge is 0.356 e. The number of hydrogen-bond donors (Lipinski definition) is 2. The number of nitrogens with zero attached hydrogens (tertiary/aromatic N) is 1. The third-order valence-corrected chi connectivity index (χ3v) is 3.88. The first-order valence-electron chi connectivity index (χ1n) is 7.01. The van der Waals surface area contributed by atoms with E-state index in [0.717, 1.165) is 37.9 Å². The number of rotatable bonds is 3. The van der Waals surface area contributed by atoms with Gasteiger partial charge in [0.15, 0.2) is 5.96 Å². The number of benzene rings is 1. The Morgan fingerprint density at radius 3 is 2.58 bits per heavy atom. The maximum atomic E-state index is 4.43. The topological polar surface area (TPSA) is 36.4 Å². The first kappa shape index (κ1) is 14.6. The molecule has 1 heterocycles. The van der Waals surface area contributed by atoms with Gasteiger partial charge in [0.05, 0.1) is 0 Å². The van der Waals surface area contributed by atoms with Crippen LogP contribution in [-0.2, 0) is 12.8 Å². The third kappa shape index (κ3) is 3.84. The first-order valence-corrected chi connectivity index (χ1v) is 7.01. The van der Waals surface area contributed by atoms with Gasteiger partial charge in [-0.3, -0.25) is 4.99 Å². The molecule has 1 aliphatic carbocycles. The van der Waals surface area contributed by atoms with Gasteiger partial charge in [-0.25, -0.2) is 0 Å². The predicted octanol–water partition coefficient (Wildman–Crippen LogP) is 2.35. The molecule has 3 rings (SSSR count). The molecule has 0 saturated carbocycles. The summed E-state index contributed by atoms with van der Waals surface area (Å²) >= 11 is 0. The Kier molecular flexibility index (Phi) is 5.48. The standard InChI is InChI=1S/C15H21N3.HI/c1-2-5-14-11-12(10-13(14)4-1)6-9-18-15-16-7-3-8-17-15;/h1-2,4-5,12H,3,6-11H2,(H2,16,17,18);1H. The van der Waals surface area contributed by atoms with Gasteiger partial charge in [-0.15, -0.1) is 24.0 Å². The van der Waals surface area contributed by atoms with Crippen molar-refractivity contribution in [1.82, 2.24) is 10.6 Å². The monoisotopic (exact) mass is 371 g/mol. The van der Waals surface area contributed by atoms with Crippen LogP contribution >= 0.6 is 24.0 Å². The first-order chi connectivity index (χ1) is 8.92. The fourth-order valence-electron chi connectivity index (χ4n) is 2.90. The maximum Gasteiger partial charge on any atom is 0.191 e. The third-order valence-electron chi connectivity index (χ3n) is 3.88. The van der Waals surface area contributed by atoms with E-state index in [1.54, 1.807) is 11.1 Å². The van der Waals surface area contributed by atoms with Crippen molar-refractivity contribution in [1.29, 1.82) is 0 Å². The van der Waals surface area contributed by atoms with E-state index in [9.17, 15) is 0 Å². The van der Waals surface area contributed by atoms with Crippen molar-refractivity contribution in [3.8, 4) is 0 Å². The molecule has 0 spiro atoms. The molecule has 2 aliphatic rings. The van der Waals surface area contributed by atoms with Crippen LogP contribution in [-0.4, -0.2) is 25.6 Å². The molecule has 4 heteroatoms. The van der Waals surface area contributed by atoms with Crippen molar-refractivity contribution in [2.45, 2.75) is 25.7 Å². The average molecular weight is 371 g/mol. The minimum absolute atomic E-state index is 0. The zero-order valence-corrected chi connectivity index (χ0v) is 13.5. The molecule has 0 unspecified atom stereocenters. The molecule has 0 atom stereocenters. The fraction of sp³-hybridized carbons (Fsp3) is 0.533. The van der Waals surface area contributed by atoms with Gasteiger partial charge in [0.25, 0.3) is 0 Å². The van der Waals surface area contributed by atoms with Crippen LogP contribution in [0.1, 0.15) is 24.0 Å². The van der Waals surface area contributed by atoms with Gasteiger partial charge >= 0.3 is 0 Å². The highest BCUT2D eigenvalue weighted by Crippen LogP contribution is 2.28. The SMILES string of the molecule is I.c1ccc2c(c1)CC(CCNC1=NCCCN1)C2. The summed E-state index contributed by atoms with van der Waals surface area (Å²) < 4.78 is 0. The lowest BCUT2D eigenvalue weighted by atomic mass is 10.0. The van der Waals surface area contributed by atoms with Crippen LogP contribution in [0.3, 0.4) is 0 Å². The summed E-state index contributed by atoms with van der Waals surface area (Å²) in [5.74, 6) is 1.80. The van der Waals surface area contributed by atoms with Crippen molar-refractivity contribution in [3.05, 3.63) is 35.4 Å². The molecule has 2 N–H and O–H groups in total. The minimum atomic E-state index is 0. The smallest absolute Gasteiger partial charge is 0.191 e. The Morgan fingerprint density at radius 1 is 1.21 bits per heavy atom. The Labute approximate surface area is 132 Å². The quantitative estimate of drug-likeness (QED) is 0.801. The lowest BCUT2D eigenvalue weighted by Gasteiger charge is -2.17. The molecule has 0 saturated heterocycles. The zero-order valence-electron chi connectivity index (χ0n) is 11.2. The van der Waals surface area contributed by atoms with E-state index < -0.39 is 0 Å². The van der Waals surface area contributed by atoms with Crippen LogP contribution in [0.2, 0.25) is 0 Å². The van der Waals surface area contributed by atoms with Crippen molar-refractivity contribution < 1.29 is 0 Å². The summed E-state index contributed by atoms with van der Waals surface area (Å²) in [6, 6.07) is 8.85. The molecule has 1 aromatic rings. The van der Waals surface area contributed by atoms with Gasteiger partial charge in [0.2, 0.25) is 0 Å². The Balaban J connectivity index is 0.00000133. The van der Waals surface area contributed by atoms with Gasteiger partial charge in [-0.1, -0.05) is 24.3 Å². The highest BCUT2D eigenvalue weighted by atomic mass is 127. The summed E-state index contributed by atoms with van der Waals surface area (Å²) in [6.07, 6.45) is 4.88. The number of aliphatic imine (C=N–C) groups is 1.